The van der Waals surface area contributed by atoms with Crippen LogP contribution in [0.4, 0.5) is 5.69 Å². The smallest absolute Gasteiger partial charge is 0.237 e. The molecule has 0 radical (unpaired) electrons. The summed E-state index contributed by atoms with van der Waals surface area (Å²) < 4.78 is 3.41. The van der Waals surface area contributed by atoms with Crippen molar-refractivity contribution in [3.63, 3.8) is 0 Å². The maximum atomic E-state index is 12.7. The highest BCUT2D eigenvalue weighted by molar-refractivity contribution is 8.00. The summed E-state index contributed by atoms with van der Waals surface area (Å²) in [6, 6.07) is 8.12. The predicted octanol–water partition coefficient (Wildman–Crippen LogP) is 3.26. The summed E-state index contributed by atoms with van der Waals surface area (Å²) in [6.45, 7) is 9.94. The molecule has 0 saturated carbocycles. The average molecular weight is 400 g/mol. The summed E-state index contributed by atoms with van der Waals surface area (Å²) in [5.74, 6) is 0.341. The molecule has 2 aromatic heterocycles. The number of rotatable bonds is 6. The summed E-state index contributed by atoms with van der Waals surface area (Å²) in [5.41, 5.74) is 4.58. The highest BCUT2D eigenvalue weighted by Gasteiger charge is 2.21. The molecule has 0 aliphatic heterocycles. The van der Waals surface area contributed by atoms with Crippen molar-refractivity contribution in [2.75, 3.05) is 5.32 Å². The lowest BCUT2D eigenvalue weighted by Gasteiger charge is -2.12. The highest BCUT2D eigenvalue weighted by atomic mass is 32.2. The van der Waals surface area contributed by atoms with E-state index in [1.807, 2.05) is 40.0 Å². The van der Waals surface area contributed by atoms with Crippen molar-refractivity contribution < 1.29 is 4.79 Å². The van der Waals surface area contributed by atoms with Gasteiger partial charge in [0, 0.05) is 7.05 Å². The summed E-state index contributed by atoms with van der Waals surface area (Å²) in [6.07, 6.45) is 0. The van der Waals surface area contributed by atoms with Gasteiger partial charge in [-0.15, -0.1) is 5.10 Å². The first-order valence-electron chi connectivity index (χ1n) is 9.14. The second-order valence-electron chi connectivity index (χ2n) is 7.04. The van der Waals surface area contributed by atoms with Gasteiger partial charge in [0.1, 0.15) is 0 Å². The highest BCUT2D eigenvalue weighted by Crippen LogP contribution is 2.26. The third kappa shape index (κ3) is 4.09. The van der Waals surface area contributed by atoms with Crippen LogP contribution in [-0.2, 0) is 11.8 Å². The molecule has 3 aromatic rings. The zero-order valence-corrected chi connectivity index (χ0v) is 17.8. The Morgan fingerprint density at radius 3 is 2.39 bits per heavy atom. The second-order valence-corrected chi connectivity index (χ2v) is 8.35. The Balaban J connectivity index is 1.73. The SMILES string of the molecule is Cc1nn(C)c(C)c1NC(=O)C(C)Sc1nnnn1-c1ccc(C(C)C)cc1. The number of tetrazole rings is 1. The van der Waals surface area contributed by atoms with Crippen LogP contribution in [0.15, 0.2) is 29.4 Å². The van der Waals surface area contributed by atoms with Crippen LogP contribution in [0.3, 0.4) is 0 Å². The zero-order chi connectivity index (χ0) is 20.4. The van der Waals surface area contributed by atoms with Gasteiger partial charge >= 0.3 is 0 Å². The van der Waals surface area contributed by atoms with Crippen molar-refractivity contribution in [3.05, 3.63) is 41.2 Å². The first-order chi connectivity index (χ1) is 13.3. The van der Waals surface area contributed by atoms with Crippen molar-refractivity contribution in [1.29, 1.82) is 0 Å². The van der Waals surface area contributed by atoms with E-state index in [0.717, 1.165) is 22.8 Å². The van der Waals surface area contributed by atoms with E-state index in [4.69, 9.17) is 0 Å². The van der Waals surface area contributed by atoms with Crippen LogP contribution in [-0.4, -0.2) is 41.1 Å². The standard InChI is InChI=1S/C19H25N7OS/c1-11(2)15-7-9-16(10-8-15)26-19(21-23-24-26)28-14(5)18(27)20-17-12(3)22-25(6)13(17)4/h7-11,14H,1-6H3,(H,20,27). The molecule has 0 bridgehead atoms. The zero-order valence-electron chi connectivity index (χ0n) is 17.0. The van der Waals surface area contributed by atoms with Crippen molar-refractivity contribution in [2.24, 2.45) is 7.05 Å². The largest absolute Gasteiger partial charge is 0.322 e. The average Bonchev–Trinajstić information content (AvgIpc) is 3.21. The third-order valence-corrected chi connectivity index (χ3v) is 5.69. The fourth-order valence-electron chi connectivity index (χ4n) is 2.81. The number of thioether (sulfide) groups is 1. The van der Waals surface area contributed by atoms with Crippen LogP contribution < -0.4 is 5.32 Å². The number of amides is 1. The summed E-state index contributed by atoms with van der Waals surface area (Å²) in [7, 11) is 1.86. The number of aryl methyl sites for hydroxylation is 2. The number of benzene rings is 1. The van der Waals surface area contributed by atoms with E-state index in [1.165, 1.54) is 17.3 Å². The molecule has 1 atom stereocenters. The van der Waals surface area contributed by atoms with E-state index in [0.29, 0.717) is 11.1 Å². The van der Waals surface area contributed by atoms with Crippen LogP contribution in [0.2, 0.25) is 0 Å². The van der Waals surface area contributed by atoms with Crippen molar-refractivity contribution in [3.8, 4) is 5.69 Å². The number of aromatic nitrogens is 6. The number of carbonyl (C=O) groups excluding carboxylic acids is 1. The normalized spacial score (nSPS) is 12.4. The van der Waals surface area contributed by atoms with Gasteiger partial charge in [-0.1, -0.05) is 37.7 Å². The molecule has 0 fully saturated rings. The lowest BCUT2D eigenvalue weighted by molar-refractivity contribution is -0.115. The lowest BCUT2D eigenvalue weighted by Crippen LogP contribution is -2.23. The maximum Gasteiger partial charge on any atom is 0.237 e. The number of hydrogen-bond acceptors (Lipinski definition) is 6. The molecule has 0 aliphatic rings. The Morgan fingerprint density at radius 1 is 1.14 bits per heavy atom. The summed E-state index contributed by atoms with van der Waals surface area (Å²) >= 11 is 1.32. The number of nitrogens with zero attached hydrogens (tertiary/aromatic N) is 6. The first-order valence-corrected chi connectivity index (χ1v) is 10.0. The van der Waals surface area contributed by atoms with Crippen LogP contribution in [0, 0.1) is 13.8 Å². The molecule has 3 rings (SSSR count). The molecule has 148 valence electrons. The molecular formula is C19H25N7OS. The Labute approximate surface area is 168 Å². The van der Waals surface area contributed by atoms with Crippen molar-refractivity contribution in [2.45, 2.75) is 50.9 Å². The fourth-order valence-corrected chi connectivity index (χ4v) is 3.61. The number of hydrogen-bond donors (Lipinski definition) is 1. The summed E-state index contributed by atoms with van der Waals surface area (Å²) in [4.78, 5) is 12.7. The van der Waals surface area contributed by atoms with Gasteiger partial charge in [0.2, 0.25) is 11.1 Å². The van der Waals surface area contributed by atoms with E-state index < -0.39 is 0 Å². The minimum Gasteiger partial charge on any atom is -0.322 e. The van der Waals surface area contributed by atoms with E-state index in [1.54, 1.807) is 9.36 Å². The maximum absolute atomic E-state index is 12.7. The van der Waals surface area contributed by atoms with Gasteiger partial charge in [0.25, 0.3) is 0 Å². The van der Waals surface area contributed by atoms with Crippen molar-refractivity contribution >= 4 is 23.4 Å². The molecule has 28 heavy (non-hydrogen) atoms. The van der Waals surface area contributed by atoms with Gasteiger partial charge in [0.05, 0.1) is 28.0 Å². The Kier molecular flexibility index (Phi) is 5.83. The van der Waals surface area contributed by atoms with E-state index in [2.05, 4.69) is 51.9 Å². The molecule has 0 spiro atoms. The van der Waals surface area contributed by atoms with Gasteiger partial charge in [-0.25, -0.2) is 0 Å². The van der Waals surface area contributed by atoms with Gasteiger partial charge in [-0.3, -0.25) is 9.48 Å². The first kappa shape index (κ1) is 20.1. The van der Waals surface area contributed by atoms with Gasteiger partial charge in [0.15, 0.2) is 0 Å². The predicted molar refractivity (Wildman–Crippen MR) is 110 cm³/mol. The third-order valence-electron chi connectivity index (χ3n) is 4.65. The van der Waals surface area contributed by atoms with Crippen LogP contribution in [0.25, 0.3) is 5.69 Å². The number of carbonyl (C=O) groups is 1. The summed E-state index contributed by atoms with van der Waals surface area (Å²) in [5, 5.41) is 19.4. The molecule has 9 heteroatoms. The molecule has 1 unspecified atom stereocenters. The topological polar surface area (TPSA) is 90.5 Å². The number of nitrogens with one attached hydrogen (secondary N) is 1. The molecule has 1 amide bonds. The van der Waals surface area contributed by atoms with E-state index in [-0.39, 0.29) is 11.2 Å². The molecule has 2 heterocycles. The fraction of sp³-hybridized carbons (Fsp3) is 0.421. The molecule has 0 aliphatic carbocycles. The Morgan fingerprint density at radius 2 is 1.82 bits per heavy atom. The molecular weight excluding hydrogens is 374 g/mol. The van der Waals surface area contributed by atoms with Crippen LogP contribution in [0.1, 0.15) is 43.6 Å². The lowest BCUT2D eigenvalue weighted by atomic mass is 10.0. The van der Waals surface area contributed by atoms with Crippen molar-refractivity contribution in [1.82, 2.24) is 30.0 Å². The molecule has 0 saturated heterocycles. The second kappa shape index (κ2) is 8.14. The molecule has 8 nitrogen and oxygen atoms in total. The minimum atomic E-state index is -0.376. The van der Waals surface area contributed by atoms with Gasteiger partial charge in [-0.2, -0.15) is 9.78 Å². The monoisotopic (exact) mass is 399 g/mol. The minimum absolute atomic E-state index is 0.117. The van der Waals surface area contributed by atoms with Crippen LogP contribution >= 0.6 is 11.8 Å². The van der Waals surface area contributed by atoms with E-state index >= 15 is 0 Å². The van der Waals surface area contributed by atoms with Crippen LogP contribution in [0.5, 0.6) is 0 Å². The Bertz CT molecular complexity index is 975. The Hall–Kier alpha value is -2.68. The number of anilines is 1. The van der Waals surface area contributed by atoms with Gasteiger partial charge in [-0.05, 0) is 54.8 Å². The molecule has 1 aromatic carbocycles. The van der Waals surface area contributed by atoms with Gasteiger partial charge < -0.3 is 5.32 Å². The van der Waals surface area contributed by atoms with E-state index in [9.17, 15) is 4.79 Å². The quantitative estimate of drug-likeness (QED) is 0.640. The molecule has 1 N–H and O–H groups in total.